The summed E-state index contributed by atoms with van der Waals surface area (Å²) in [7, 11) is 0. The number of Topliss-reactive ketones (excluding diaryl/α,β-unsaturated/α-hetero) is 1. The molecule has 3 heterocycles. The van der Waals surface area contributed by atoms with Crippen LogP contribution in [0.5, 0.6) is 0 Å². The van der Waals surface area contributed by atoms with Crippen LogP contribution >= 0.6 is 0 Å². The highest BCUT2D eigenvalue weighted by molar-refractivity contribution is 5.80. The van der Waals surface area contributed by atoms with Crippen molar-refractivity contribution in [2.75, 3.05) is 0 Å². The predicted molar refractivity (Wildman–Crippen MR) is 96.6 cm³/mol. The second-order valence-electron chi connectivity index (χ2n) is 6.50. The Hall–Kier alpha value is -3.09. The third kappa shape index (κ3) is 3.46. The van der Waals surface area contributed by atoms with E-state index in [4.69, 9.17) is 0 Å². The van der Waals surface area contributed by atoms with Crippen LogP contribution in [-0.4, -0.2) is 30.2 Å². The van der Waals surface area contributed by atoms with Crippen molar-refractivity contribution in [3.05, 3.63) is 64.5 Å². The molecule has 7 nitrogen and oxygen atoms in total. The van der Waals surface area contributed by atoms with E-state index in [0.29, 0.717) is 5.65 Å². The minimum absolute atomic E-state index is 0.0299. The van der Waals surface area contributed by atoms with Crippen molar-refractivity contribution >= 4 is 17.0 Å². The van der Waals surface area contributed by atoms with Crippen molar-refractivity contribution in [3.8, 4) is 0 Å². The first-order valence-corrected chi connectivity index (χ1v) is 8.76. The van der Waals surface area contributed by atoms with Gasteiger partial charge in [-0.3, -0.25) is 9.59 Å². The number of hydrogen-bond acceptors (Lipinski definition) is 5. The highest BCUT2D eigenvalue weighted by atomic mass is 16.1. The predicted octanol–water partition coefficient (Wildman–Crippen LogP) is 2.06. The number of hydrogen-bond donors (Lipinski definition) is 0. The van der Waals surface area contributed by atoms with Crippen LogP contribution in [-0.2, 0) is 17.8 Å². The normalized spacial score (nSPS) is 14.4. The molecule has 0 saturated heterocycles. The SMILES string of the molecule is O=C(Cc1ccn2ncnc2c1)Cn1nc(C2=CCCCC2)ccc1=O. The van der Waals surface area contributed by atoms with Gasteiger partial charge < -0.3 is 0 Å². The lowest BCUT2D eigenvalue weighted by Gasteiger charge is -2.13. The molecule has 0 aliphatic heterocycles. The summed E-state index contributed by atoms with van der Waals surface area (Å²) in [6.45, 7) is -0.0299. The van der Waals surface area contributed by atoms with Crippen molar-refractivity contribution in [1.29, 1.82) is 0 Å². The monoisotopic (exact) mass is 349 g/mol. The number of ketones is 1. The molecule has 7 heteroatoms. The highest BCUT2D eigenvalue weighted by Gasteiger charge is 2.12. The first kappa shape index (κ1) is 16.4. The average Bonchev–Trinajstić information content (AvgIpc) is 3.12. The summed E-state index contributed by atoms with van der Waals surface area (Å²) >= 11 is 0. The zero-order valence-corrected chi connectivity index (χ0v) is 14.3. The third-order valence-corrected chi connectivity index (χ3v) is 4.56. The maximum atomic E-state index is 12.4. The van der Waals surface area contributed by atoms with E-state index in [1.807, 2.05) is 12.1 Å². The number of allylic oxidation sites excluding steroid dienone is 2. The number of carbonyl (C=O) groups excluding carboxylic acids is 1. The van der Waals surface area contributed by atoms with Gasteiger partial charge in [0.25, 0.3) is 5.56 Å². The van der Waals surface area contributed by atoms with Crippen molar-refractivity contribution < 1.29 is 4.79 Å². The zero-order chi connectivity index (χ0) is 17.9. The molecule has 26 heavy (non-hydrogen) atoms. The van der Waals surface area contributed by atoms with Gasteiger partial charge in [0.1, 0.15) is 12.9 Å². The molecule has 4 rings (SSSR count). The molecule has 0 bridgehead atoms. The summed E-state index contributed by atoms with van der Waals surface area (Å²) in [6.07, 6.45) is 9.98. The van der Waals surface area contributed by atoms with Gasteiger partial charge in [-0.15, -0.1) is 0 Å². The highest BCUT2D eigenvalue weighted by Crippen LogP contribution is 2.24. The van der Waals surface area contributed by atoms with E-state index in [9.17, 15) is 9.59 Å². The third-order valence-electron chi connectivity index (χ3n) is 4.56. The molecule has 0 saturated carbocycles. The van der Waals surface area contributed by atoms with Crippen LogP contribution in [0.15, 0.2) is 47.7 Å². The van der Waals surface area contributed by atoms with Gasteiger partial charge in [-0.25, -0.2) is 14.2 Å². The molecule has 0 radical (unpaired) electrons. The molecule has 0 spiro atoms. The number of nitrogens with zero attached hydrogens (tertiary/aromatic N) is 5. The number of fused-ring (bicyclic) bond motifs is 1. The summed E-state index contributed by atoms with van der Waals surface area (Å²) < 4.78 is 2.91. The summed E-state index contributed by atoms with van der Waals surface area (Å²) in [5.74, 6) is -0.0711. The number of pyridine rings is 1. The van der Waals surface area contributed by atoms with Crippen LogP contribution in [0.25, 0.3) is 11.2 Å². The van der Waals surface area contributed by atoms with Gasteiger partial charge in [0, 0.05) is 18.7 Å². The molecule has 1 aliphatic carbocycles. The second kappa shape index (κ2) is 7.03. The van der Waals surface area contributed by atoms with Crippen LogP contribution in [0.2, 0.25) is 0 Å². The number of aromatic nitrogens is 5. The first-order chi connectivity index (χ1) is 12.7. The second-order valence-corrected chi connectivity index (χ2v) is 6.50. The zero-order valence-electron chi connectivity index (χ0n) is 14.3. The van der Waals surface area contributed by atoms with Crippen molar-refractivity contribution in [3.63, 3.8) is 0 Å². The Morgan fingerprint density at radius 2 is 2.12 bits per heavy atom. The summed E-state index contributed by atoms with van der Waals surface area (Å²) in [5.41, 5.74) is 3.23. The summed E-state index contributed by atoms with van der Waals surface area (Å²) in [4.78, 5) is 28.6. The van der Waals surface area contributed by atoms with Gasteiger partial charge >= 0.3 is 0 Å². The Kier molecular flexibility index (Phi) is 4.43. The molecular formula is C19H19N5O2. The van der Waals surface area contributed by atoms with E-state index >= 15 is 0 Å². The number of carbonyl (C=O) groups is 1. The Morgan fingerprint density at radius 3 is 2.96 bits per heavy atom. The lowest BCUT2D eigenvalue weighted by molar-refractivity contribution is -0.119. The van der Waals surface area contributed by atoms with Gasteiger partial charge in [-0.1, -0.05) is 6.08 Å². The fraction of sp³-hybridized carbons (Fsp3) is 0.316. The van der Waals surface area contributed by atoms with Gasteiger partial charge in [-0.2, -0.15) is 10.2 Å². The number of rotatable bonds is 5. The van der Waals surface area contributed by atoms with Crippen molar-refractivity contribution in [1.82, 2.24) is 24.4 Å². The Labute approximate surface area is 150 Å². The molecule has 0 aromatic carbocycles. The minimum Gasteiger partial charge on any atom is -0.297 e. The molecule has 0 N–H and O–H groups in total. The van der Waals surface area contributed by atoms with Crippen LogP contribution in [0, 0.1) is 0 Å². The molecule has 132 valence electrons. The first-order valence-electron chi connectivity index (χ1n) is 8.76. The molecule has 0 fully saturated rings. The Morgan fingerprint density at radius 1 is 1.19 bits per heavy atom. The summed E-state index contributed by atoms with van der Waals surface area (Å²) in [5, 5.41) is 8.44. The van der Waals surface area contributed by atoms with Gasteiger partial charge in [0.15, 0.2) is 11.4 Å². The minimum atomic E-state index is -0.258. The van der Waals surface area contributed by atoms with Gasteiger partial charge in [-0.05, 0) is 55.0 Å². The maximum absolute atomic E-state index is 12.4. The maximum Gasteiger partial charge on any atom is 0.267 e. The standard InChI is InChI=1S/C19H19N5O2/c25-16(10-14-8-9-23-18(11-14)20-13-21-23)12-24-19(26)7-6-17(22-24)15-4-2-1-3-5-15/h4,6-9,11,13H,1-3,5,10,12H2. The quantitative estimate of drug-likeness (QED) is 0.704. The molecule has 0 unspecified atom stereocenters. The molecule has 0 amide bonds. The molecule has 1 aliphatic rings. The van der Waals surface area contributed by atoms with Crippen LogP contribution in [0.3, 0.4) is 0 Å². The molecular weight excluding hydrogens is 330 g/mol. The summed E-state index contributed by atoms with van der Waals surface area (Å²) in [6, 6.07) is 6.90. The van der Waals surface area contributed by atoms with E-state index < -0.39 is 0 Å². The van der Waals surface area contributed by atoms with E-state index in [0.717, 1.165) is 36.1 Å². The van der Waals surface area contributed by atoms with Crippen molar-refractivity contribution in [2.45, 2.75) is 38.6 Å². The van der Waals surface area contributed by atoms with Crippen LogP contribution in [0.4, 0.5) is 0 Å². The van der Waals surface area contributed by atoms with Crippen molar-refractivity contribution in [2.24, 2.45) is 0 Å². The van der Waals surface area contributed by atoms with E-state index in [2.05, 4.69) is 21.3 Å². The molecule has 0 atom stereocenters. The van der Waals surface area contributed by atoms with Crippen LogP contribution in [0.1, 0.15) is 36.9 Å². The average molecular weight is 349 g/mol. The largest absolute Gasteiger partial charge is 0.297 e. The Bertz CT molecular complexity index is 1050. The lowest BCUT2D eigenvalue weighted by Crippen LogP contribution is -2.27. The van der Waals surface area contributed by atoms with E-state index in [1.54, 1.807) is 16.8 Å². The van der Waals surface area contributed by atoms with E-state index in [-0.39, 0.29) is 24.3 Å². The van der Waals surface area contributed by atoms with Gasteiger partial charge in [0.2, 0.25) is 0 Å². The lowest BCUT2D eigenvalue weighted by atomic mass is 9.97. The topological polar surface area (TPSA) is 82.2 Å². The molecule has 3 aromatic heterocycles. The Balaban J connectivity index is 1.51. The molecule has 3 aromatic rings. The fourth-order valence-corrected chi connectivity index (χ4v) is 3.22. The van der Waals surface area contributed by atoms with Crippen LogP contribution < -0.4 is 5.56 Å². The van der Waals surface area contributed by atoms with E-state index in [1.165, 1.54) is 23.5 Å². The van der Waals surface area contributed by atoms with Gasteiger partial charge in [0.05, 0.1) is 5.69 Å². The smallest absolute Gasteiger partial charge is 0.267 e. The fourth-order valence-electron chi connectivity index (χ4n) is 3.22.